The van der Waals surface area contributed by atoms with E-state index in [0.717, 1.165) is 4.90 Å². The van der Waals surface area contributed by atoms with Gasteiger partial charge in [0, 0.05) is 11.6 Å². The van der Waals surface area contributed by atoms with E-state index in [2.05, 4.69) is 0 Å². The van der Waals surface area contributed by atoms with Crippen LogP contribution >= 0.6 is 0 Å². The zero-order chi connectivity index (χ0) is 11.9. The zero-order valence-corrected chi connectivity index (χ0v) is 8.71. The molecule has 0 saturated heterocycles. The quantitative estimate of drug-likeness (QED) is 0.538. The number of carbonyl (C=O) groups is 3. The molecule has 2 rings (SSSR count). The van der Waals surface area contributed by atoms with E-state index in [1.807, 2.05) is 0 Å². The zero-order valence-electron chi connectivity index (χ0n) is 8.71. The maximum atomic E-state index is 11.6. The Kier molecular flexibility index (Phi) is 2.38. The molecule has 0 spiro atoms. The minimum Gasteiger partial charge on any atom is -0.481 e. The first-order chi connectivity index (χ1) is 7.50. The second-order valence-electron chi connectivity index (χ2n) is 3.97. The minimum atomic E-state index is -0.928. The number of aliphatic carboxylic acids is 1. The Morgan fingerprint density at radius 2 is 2.12 bits per heavy atom. The van der Waals surface area contributed by atoms with Crippen LogP contribution in [-0.2, 0) is 14.4 Å². The van der Waals surface area contributed by atoms with E-state index >= 15 is 0 Å². The molecule has 5 heteroatoms. The summed E-state index contributed by atoms with van der Waals surface area (Å²) in [5, 5.41) is 8.80. The molecular formula is C11H11NO4. The van der Waals surface area contributed by atoms with Gasteiger partial charge < -0.3 is 5.11 Å². The Balaban J connectivity index is 2.13. The van der Waals surface area contributed by atoms with Crippen molar-refractivity contribution in [2.75, 3.05) is 0 Å². The van der Waals surface area contributed by atoms with Crippen molar-refractivity contribution < 1.29 is 19.5 Å². The van der Waals surface area contributed by atoms with Crippen molar-refractivity contribution in [3.8, 4) is 0 Å². The van der Waals surface area contributed by atoms with E-state index in [-0.39, 0.29) is 18.2 Å². The molecule has 0 saturated carbocycles. The highest BCUT2D eigenvalue weighted by Crippen LogP contribution is 2.26. The number of carboxylic acid groups (broad SMARTS) is 1. The highest BCUT2D eigenvalue weighted by atomic mass is 16.4. The molecule has 0 aromatic carbocycles. The van der Waals surface area contributed by atoms with Crippen molar-refractivity contribution in [1.82, 2.24) is 4.90 Å². The van der Waals surface area contributed by atoms with Crippen molar-refractivity contribution in [3.05, 3.63) is 23.8 Å². The highest BCUT2D eigenvalue weighted by molar-refractivity contribution is 6.16. The monoisotopic (exact) mass is 221 g/mol. The number of rotatable bonds is 2. The molecule has 84 valence electrons. The summed E-state index contributed by atoms with van der Waals surface area (Å²) in [6.45, 7) is 1.58. The molecule has 1 heterocycles. The fourth-order valence-corrected chi connectivity index (χ4v) is 1.97. The summed E-state index contributed by atoms with van der Waals surface area (Å²) < 4.78 is 0. The normalized spacial score (nSPS) is 28.8. The molecule has 0 bridgehead atoms. The smallest absolute Gasteiger partial charge is 0.310 e. The largest absolute Gasteiger partial charge is 0.481 e. The van der Waals surface area contributed by atoms with Gasteiger partial charge in [-0.25, -0.2) is 0 Å². The van der Waals surface area contributed by atoms with Crippen molar-refractivity contribution >= 4 is 17.8 Å². The third kappa shape index (κ3) is 1.54. The number of carboxylic acids is 1. The van der Waals surface area contributed by atoms with E-state index in [1.165, 1.54) is 12.2 Å². The first-order valence-corrected chi connectivity index (χ1v) is 4.97. The van der Waals surface area contributed by atoms with Gasteiger partial charge in [0.05, 0.1) is 12.0 Å². The van der Waals surface area contributed by atoms with Crippen LogP contribution in [0.5, 0.6) is 0 Å². The summed E-state index contributed by atoms with van der Waals surface area (Å²) in [5.41, 5.74) is 0.400. The summed E-state index contributed by atoms with van der Waals surface area (Å²) >= 11 is 0. The van der Waals surface area contributed by atoms with Crippen LogP contribution in [0.1, 0.15) is 13.3 Å². The summed E-state index contributed by atoms with van der Waals surface area (Å²) in [6.07, 6.45) is 4.69. The maximum Gasteiger partial charge on any atom is 0.310 e. The van der Waals surface area contributed by atoms with Crippen LogP contribution in [0.4, 0.5) is 0 Å². The molecule has 2 unspecified atom stereocenters. The molecule has 2 atom stereocenters. The van der Waals surface area contributed by atoms with Gasteiger partial charge in [0.1, 0.15) is 0 Å². The maximum absolute atomic E-state index is 11.6. The van der Waals surface area contributed by atoms with E-state index in [1.54, 1.807) is 13.0 Å². The molecular weight excluding hydrogens is 210 g/mol. The van der Waals surface area contributed by atoms with Crippen LogP contribution < -0.4 is 0 Å². The number of amides is 2. The fourth-order valence-electron chi connectivity index (χ4n) is 1.97. The lowest BCUT2D eigenvalue weighted by Crippen LogP contribution is -2.39. The molecule has 16 heavy (non-hydrogen) atoms. The fraction of sp³-hybridized carbons (Fsp3) is 0.364. The number of hydrogen-bond acceptors (Lipinski definition) is 3. The van der Waals surface area contributed by atoms with E-state index in [9.17, 15) is 14.4 Å². The van der Waals surface area contributed by atoms with Crippen LogP contribution in [0.25, 0.3) is 0 Å². The average molecular weight is 221 g/mol. The summed E-state index contributed by atoms with van der Waals surface area (Å²) in [5.74, 6) is -2.22. The van der Waals surface area contributed by atoms with Gasteiger partial charge in [0.15, 0.2) is 0 Å². The predicted octanol–water partition coefficient (Wildman–Crippen LogP) is 0.331. The summed E-state index contributed by atoms with van der Waals surface area (Å²) in [6, 6.07) is -0.421. The average Bonchev–Trinajstić information content (AvgIpc) is 2.74. The van der Waals surface area contributed by atoms with Crippen molar-refractivity contribution in [1.29, 1.82) is 0 Å². The number of imide groups is 1. The van der Waals surface area contributed by atoms with Gasteiger partial charge in [-0.3, -0.25) is 19.3 Å². The Morgan fingerprint density at radius 1 is 1.44 bits per heavy atom. The van der Waals surface area contributed by atoms with Gasteiger partial charge in [0.2, 0.25) is 0 Å². The minimum absolute atomic E-state index is 0.272. The van der Waals surface area contributed by atoms with Gasteiger partial charge >= 0.3 is 5.97 Å². The van der Waals surface area contributed by atoms with E-state index in [4.69, 9.17) is 5.11 Å². The Morgan fingerprint density at radius 3 is 2.56 bits per heavy atom. The molecule has 0 aromatic rings. The van der Waals surface area contributed by atoms with Crippen LogP contribution in [0.2, 0.25) is 0 Å². The van der Waals surface area contributed by atoms with Crippen LogP contribution in [-0.4, -0.2) is 33.8 Å². The van der Waals surface area contributed by atoms with Gasteiger partial charge in [-0.15, -0.1) is 0 Å². The molecule has 0 aromatic heterocycles. The molecule has 5 nitrogen and oxygen atoms in total. The van der Waals surface area contributed by atoms with Gasteiger partial charge in [-0.2, -0.15) is 0 Å². The lowest BCUT2D eigenvalue weighted by molar-refractivity contribution is -0.143. The molecule has 1 N–H and O–H groups in total. The van der Waals surface area contributed by atoms with Gasteiger partial charge in [-0.1, -0.05) is 12.2 Å². The lowest BCUT2D eigenvalue weighted by atomic mass is 10.1. The first-order valence-electron chi connectivity index (χ1n) is 4.97. The Bertz CT molecular complexity index is 435. The van der Waals surface area contributed by atoms with Crippen LogP contribution in [0.15, 0.2) is 23.8 Å². The summed E-state index contributed by atoms with van der Waals surface area (Å²) in [4.78, 5) is 35.0. The predicted molar refractivity (Wildman–Crippen MR) is 54.3 cm³/mol. The van der Waals surface area contributed by atoms with Crippen molar-refractivity contribution in [2.45, 2.75) is 19.4 Å². The standard InChI is InChI=1S/C11H11NO4/c1-6-4-9(13)12(10(6)14)8-3-2-7(5-8)11(15)16/h2-4,7-8H,5H2,1H3,(H,15,16). The molecule has 1 aliphatic carbocycles. The molecule has 2 aliphatic rings. The third-order valence-electron chi connectivity index (χ3n) is 2.84. The molecule has 0 radical (unpaired) electrons. The second-order valence-corrected chi connectivity index (χ2v) is 3.97. The summed E-state index contributed by atoms with van der Waals surface area (Å²) in [7, 11) is 0. The van der Waals surface area contributed by atoms with Crippen molar-refractivity contribution in [2.24, 2.45) is 5.92 Å². The number of hydrogen-bond donors (Lipinski definition) is 1. The molecule has 1 aliphatic heterocycles. The molecule has 0 fully saturated rings. The van der Waals surface area contributed by atoms with Crippen molar-refractivity contribution in [3.63, 3.8) is 0 Å². The van der Waals surface area contributed by atoms with Crippen LogP contribution in [0, 0.1) is 5.92 Å². The van der Waals surface area contributed by atoms with Gasteiger partial charge in [0.25, 0.3) is 11.8 Å². The first kappa shape index (κ1) is 10.6. The molecule has 2 amide bonds. The van der Waals surface area contributed by atoms with Crippen LogP contribution in [0.3, 0.4) is 0 Å². The Labute approximate surface area is 92.0 Å². The number of nitrogens with zero attached hydrogens (tertiary/aromatic N) is 1. The van der Waals surface area contributed by atoms with Gasteiger partial charge in [-0.05, 0) is 13.3 Å². The number of carbonyl (C=O) groups excluding carboxylic acids is 2. The SMILES string of the molecule is CC1=CC(=O)N(C2C=CC(C(=O)O)C2)C1=O. The lowest BCUT2D eigenvalue weighted by Gasteiger charge is -2.21. The Hall–Kier alpha value is -1.91. The second kappa shape index (κ2) is 3.59. The highest BCUT2D eigenvalue weighted by Gasteiger charge is 2.37. The topological polar surface area (TPSA) is 74.7 Å². The third-order valence-corrected chi connectivity index (χ3v) is 2.84. The van der Waals surface area contributed by atoms with E-state index < -0.39 is 17.9 Å². The van der Waals surface area contributed by atoms with E-state index in [0.29, 0.717) is 5.57 Å².